The Morgan fingerprint density at radius 2 is 1.95 bits per heavy atom. The van der Waals surface area contributed by atoms with E-state index in [0.29, 0.717) is 0 Å². The van der Waals surface area contributed by atoms with Crippen LogP contribution in [0.4, 0.5) is 0 Å². The minimum Gasteiger partial charge on any atom is -0.320 e. The highest BCUT2D eigenvalue weighted by Gasteiger charge is 2.05. The second-order valence-electron chi connectivity index (χ2n) is 5.41. The molecular weight excluding hydrogens is 254 g/mol. The number of hydrogen-bond donors (Lipinski definition) is 1. The van der Waals surface area contributed by atoms with E-state index in [-0.39, 0.29) is 0 Å². The second kappa shape index (κ2) is 8.49. The predicted molar refractivity (Wildman–Crippen MR) is 92.1 cm³/mol. The molecule has 0 saturated heterocycles. The third-order valence-corrected chi connectivity index (χ3v) is 3.83. The van der Waals surface area contributed by atoms with Crippen molar-refractivity contribution in [3.63, 3.8) is 0 Å². The van der Waals surface area contributed by atoms with E-state index in [4.69, 9.17) is 0 Å². The molecule has 0 atom stereocenters. The molecule has 1 nitrogen and oxygen atoms in total. The number of rotatable bonds is 7. The highest BCUT2D eigenvalue weighted by molar-refractivity contribution is 5.80. The second-order valence-corrected chi connectivity index (χ2v) is 5.41. The smallest absolute Gasteiger partial charge is 0.0276 e. The standard InChI is InChI=1S/C20H25N/c1-3-18-10-5-4-6-11-20(18)19-14-12-17(13-15-19)9-7-8-16-21-2/h6,11-15,21H,3-4,7-9,16H2,1-2H3. The third kappa shape index (κ3) is 4.62. The summed E-state index contributed by atoms with van der Waals surface area (Å²) in [5.41, 5.74) is 5.27. The molecule has 0 aliphatic heterocycles. The van der Waals surface area contributed by atoms with Gasteiger partial charge in [0.2, 0.25) is 0 Å². The molecule has 0 fully saturated rings. The van der Waals surface area contributed by atoms with E-state index in [1.807, 2.05) is 7.05 Å². The molecule has 1 heteroatoms. The van der Waals surface area contributed by atoms with Crippen LogP contribution in [0.15, 0.2) is 42.0 Å². The molecule has 21 heavy (non-hydrogen) atoms. The van der Waals surface area contributed by atoms with Gasteiger partial charge in [0.25, 0.3) is 0 Å². The lowest BCUT2D eigenvalue weighted by atomic mass is 9.96. The zero-order valence-electron chi connectivity index (χ0n) is 13.2. The monoisotopic (exact) mass is 279 g/mol. The van der Waals surface area contributed by atoms with Crippen molar-refractivity contribution in [1.82, 2.24) is 5.32 Å². The van der Waals surface area contributed by atoms with Crippen LogP contribution in [0.3, 0.4) is 0 Å². The summed E-state index contributed by atoms with van der Waals surface area (Å²) in [4.78, 5) is 0. The van der Waals surface area contributed by atoms with Gasteiger partial charge in [-0.05, 0) is 56.0 Å². The Kier molecular flexibility index (Phi) is 6.31. The zero-order valence-corrected chi connectivity index (χ0v) is 13.2. The highest BCUT2D eigenvalue weighted by atomic mass is 14.8. The number of benzene rings is 1. The maximum Gasteiger partial charge on any atom is 0.0276 e. The fourth-order valence-electron chi connectivity index (χ4n) is 2.59. The van der Waals surface area contributed by atoms with Gasteiger partial charge in [0, 0.05) is 12.0 Å². The Bertz CT molecular complexity index is 564. The topological polar surface area (TPSA) is 12.0 Å². The van der Waals surface area contributed by atoms with E-state index in [1.54, 1.807) is 0 Å². The molecule has 0 aromatic heterocycles. The Hall–Kier alpha value is -1.78. The molecule has 1 aromatic rings. The molecule has 2 rings (SSSR count). The van der Waals surface area contributed by atoms with Crippen molar-refractivity contribution in [2.24, 2.45) is 0 Å². The van der Waals surface area contributed by atoms with Crippen LogP contribution in [0, 0.1) is 11.8 Å². The summed E-state index contributed by atoms with van der Waals surface area (Å²) in [6.07, 6.45) is 9.88. The van der Waals surface area contributed by atoms with Gasteiger partial charge in [0.1, 0.15) is 0 Å². The maximum absolute atomic E-state index is 3.30. The summed E-state index contributed by atoms with van der Waals surface area (Å²) in [7, 11) is 2.01. The normalized spacial score (nSPS) is 13.8. The average molecular weight is 279 g/mol. The van der Waals surface area contributed by atoms with Gasteiger partial charge in [-0.3, -0.25) is 0 Å². The SMILES string of the molecule is CCC1=C(c2ccc(CCCCNC)cc2)C=CCC#C1. The molecule has 1 aliphatic carbocycles. The van der Waals surface area contributed by atoms with Crippen molar-refractivity contribution < 1.29 is 0 Å². The quantitative estimate of drug-likeness (QED) is 0.578. The van der Waals surface area contributed by atoms with Gasteiger partial charge in [-0.2, -0.15) is 0 Å². The van der Waals surface area contributed by atoms with E-state index >= 15 is 0 Å². The summed E-state index contributed by atoms with van der Waals surface area (Å²) in [6.45, 7) is 3.29. The highest BCUT2D eigenvalue weighted by Crippen LogP contribution is 2.24. The van der Waals surface area contributed by atoms with Gasteiger partial charge in [-0.1, -0.05) is 55.2 Å². The molecule has 0 unspecified atom stereocenters. The first-order valence-electron chi connectivity index (χ1n) is 7.97. The fraction of sp³-hybridized carbons (Fsp3) is 0.400. The maximum atomic E-state index is 3.30. The number of unbranched alkanes of at least 4 members (excludes halogenated alkanes) is 1. The van der Waals surface area contributed by atoms with Crippen LogP contribution < -0.4 is 5.32 Å². The number of nitrogens with one attached hydrogen (secondary N) is 1. The number of allylic oxidation sites excluding steroid dienone is 4. The minimum absolute atomic E-state index is 0.858. The van der Waals surface area contributed by atoms with E-state index in [9.17, 15) is 0 Å². The summed E-state index contributed by atoms with van der Waals surface area (Å²) in [6, 6.07) is 9.02. The van der Waals surface area contributed by atoms with Gasteiger partial charge in [-0.25, -0.2) is 0 Å². The molecule has 0 amide bonds. The molecule has 0 radical (unpaired) electrons. The van der Waals surface area contributed by atoms with Crippen molar-refractivity contribution in [2.75, 3.05) is 13.6 Å². The Labute approximate surface area is 129 Å². The fourth-order valence-corrected chi connectivity index (χ4v) is 2.59. The molecule has 1 N–H and O–H groups in total. The van der Waals surface area contributed by atoms with Crippen LogP contribution >= 0.6 is 0 Å². The van der Waals surface area contributed by atoms with Crippen molar-refractivity contribution in [3.05, 3.63) is 53.1 Å². The van der Waals surface area contributed by atoms with Crippen LogP contribution in [0.1, 0.15) is 43.7 Å². The lowest BCUT2D eigenvalue weighted by Gasteiger charge is -2.08. The molecule has 0 heterocycles. The van der Waals surface area contributed by atoms with Gasteiger partial charge < -0.3 is 5.32 Å². The molecule has 0 spiro atoms. The first-order chi connectivity index (χ1) is 10.3. The van der Waals surface area contributed by atoms with Crippen molar-refractivity contribution in [3.8, 4) is 11.8 Å². The first-order valence-corrected chi connectivity index (χ1v) is 7.97. The minimum atomic E-state index is 0.858. The van der Waals surface area contributed by atoms with Gasteiger partial charge >= 0.3 is 0 Å². The van der Waals surface area contributed by atoms with Gasteiger partial charge in [0.05, 0.1) is 0 Å². The molecule has 1 aromatic carbocycles. The number of aryl methyl sites for hydroxylation is 1. The van der Waals surface area contributed by atoms with Crippen molar-refractivity contribution >= 4 is 5.57 Å². The zero-order chi connectivity index (χ0) is 14.9. The lowest BCUT2D eigenvalue weighted by Crippen LogP contribution is -2.07. The van der Waals surface area contributed by atoms with Crippen molar-refractivity contribution in [1.29, 1.82) is 0 Å². The Morgan fingerprint density at radius 1 is 1.14 bits per heavy atom. The average Bonchev–Trinajstić information content (AvgIpc) is 2.77. The lowest BCUT2D eigenvalue weighted by molar-refractivity contribution is 0.677. The predicted octanol–water partition coefficient (Wildman–Crippen LogP) is 4.36. The van der Waals surface area contributed by atoms with Crippen LogP contribution in [0.25, 0.3) is 5.57 Å². The molecule has 0 saturated carbocycles. The number of hydrogen-bond acceptors (Lipinski definition) is 1. The van der Waals surface area contributed by atoms with E-state index in [0.717, 1.165) is 25.8 Å². The van der Waals surface area contributed by atoms with Gasteiger partial charge in [0.15, 0.2) is 0 Å². The van der Waals surface area contributed by atoms with Gasteiger partial charge in [-0.15, -0.1) is 0 Å². The first kappa shape index (κ1) is 15.6. The van der Waals surface area contributed by atoms with Crippen LogP contribution in [0.5, 0.6) is 0 Å². The largest absolute Gasteiger partial charge is 0.320 e. The van der Waals surface area contributed by atoms with Crippen LogP contribution in [0.2, 0.25) is 0 Å². The summed E-state index contributed by atoms with van der Waals surface area (Å²) in [5, 5.41) is 3.20. The molecule has 110 valence electrons. The third-order valence-electron chi connectivity index (χ3n) is 3.83. The molecular formula is C20H25N. The van der Waals surface area contributed by atoms with Crippen LogP contribution in [-0.2, 0) is 6.42 Å². The Balaban J connectivity index is 2.08. The van der Waals surface area contributed by atoms with E-state index in [1.165, 1.54) is 35.1 Å². The Morgan fingerprint density at radius 3 is 2.67 bits per heavy atom. The molecule has 0 bridgehead atoms. The van der Waals surface area contributed by atoms with E-state index < -0.39 is 0 Å². The van der Waals surface area contributed by atoms with Crippen molar-refractivity contribution in [2.45, 2.75) is 39.0 Å². The van der Waals surface area contributed by atoms with Crippen LogP contribution in [-0.4, -0.2) is 13.6 Å². The summed E-state index contributed by atoms with van der Waals surface area (Å²) < 4.78 is 0. The van der Waals surface area contributed by atoms with E-state index in [2.05, 4.69) is 60.5 Å². The molecule has 1 aliphatic rings. The summed E-state index contributed by atoms with van der Waals surface area (Å²) >= 11 is 0. The summed E-state index contributed by atoms with van der Waals surface area (Å²) in [5.74, 6) is 6.50.